The number of allylic oxidation sites excluding steroid dienone is 2. The Morgan fingerprint density at radius 1 is 0.970 bits per heavy atom. The summed E-state index contributed by atoms with van der Waals surface area (Å²) in [6.45, 7) is -0.605. The van der Waals surface area contributed by atoms with Gasteiger partial charge in [-0.1, -0.05) is 42.5 Å². The van der Waals surface area contributed by atoms with Crippen molar-refractivity contribution in [1.29, 1.82) is 0 Å². The van der Waals surface area contributed by atoms with Crippen LogP contribution in [-0.2, 0) is 30.3 Å². The maximum atomic E-state index is 13.0. The molecule has 7 nitrogen and oxygen atoms in total. The highest BCUT2D eigenvalue weighted by atomic mass is 19.1. The molecule has 3 atom stereocenters. The van der Waals surface area contributed by atoms with Gasteiger partial charge in [0.25, 0.3) is 5.91 Å². The number of ether oxygens (including phenoxy) is 1. The SMILES string of the molecule is O=C(COC(=O)[C@H](Cc1ccccc1)N1C(=O)[C@H]2CC=CC[C@@H]2C1=O)Nc1ccc(F)cc1. The normalized spacial score (nSPS) is 20.3. The van der Waals surface area contributed by atoms with Crippen LogP contribution in [-0.4, -0.2) is 41.2 Å². The first-order chi connectivity index (χ1) is 15.9. The van der Waals surface area contributed by atoms with Crippen molar-refractivity contribution in [1.82, 2.24) is 4.90 Å². The van der Waals surface area contributed by atoms with Gasteiger partial charge < -0.3 is 10.1 Å². The van der Waals surface area contributed by atoms with Gasteiger partial charge in [0.05, 0.1) is 11.8 Å². The van der Waals surface area contributed by atoms with Crippen LogP contribution >= 0.6 is 0 Å². The Hall–Kier alpha value is -3.81. The Morgan fingerprint density at radius 3 is 2.18 bits per heavy atom. The van der Waals surface area contributed by atoms with Crippen molar-refractivity contribution in [3.8, 4) is 0 Å². The molecule has 0 unspecified atom stereocenters. The molecule has 1 fully saturated rings. The van der Waals surface area contributed by atoms with E-state index in [1.165, 1.54) is 24.3 Å². The van der Waals surface area contributed by atoms with Gasteiger partial charge in [0.15, 0.2) is 6.61 Å². The minimum atomic E-state index is -1.17. The molecular formula is C25H23FN2O5. The first-order valence-electron chi connectivity index (χ1n) is 10.7. The average molecular weight is 450 g/mol. The number of nitrogens with zero attached hydrogens (tertiary/aromatic N) is 1. The summed E-state index contributed by atoms with van der Waals surface area (Å²) in [7, 11) is 0. The van der Waals surface area contributed by atoms with Crippen molar-refractivity contribution in [2.75, 3.05) is 11.9 Å². The van der Waals surface area contributed by atoms with Gasteiger partial charge in [-0.15, -0.1) is 0 Å². The van der Waals surface area contributed by atoms with E-state index in [1.807, 2.05) is 18.2 Å². The molecule has 0 bridgehead atoms. The summed E-state index contributed by atoms with van der Waals surface area (Å²) in [5, 5.41) is 2.50. The molecule has 1 heterocycles. The lowest BCUT2D eigenvalue weighted by molar-refractivity contribution is -0.159. The molecule has 1 aliphatic carbocycles. The number of hydrogen-bond donors (Lipinski definition) is 1. The first kappa shape index (κ1) is 22.4. The Bertz CT molecular complexity index is 1060. The van der Waals surface area contributed by atoms with Gasteiger partial charge >= 0.3 is 5.97 Å². The fraction of sp³-hybridized carbons (Fsp3) is 0.280. The third-order valence-corrected chi connectivity index (χ3v) is 5.87. The minimum Gasteiger partial charge on any atom is -0.454 e. The second-order valence-electron chi connectivity index (χ2n) is 8.07. The molecule has 0 spiro atoms. The number of hydrogen-bond acceptors (Lipinski definition) is 5. The van der Waals surface area contributed by atoms with Crippen LogP contribution in [0.25, 0.3) is 0 Å². The summed E-state index contributed by atoms with van der Waals surface area (Å²) >= 11 is 0. The van der Waals surface area contributed by atoms with Crippen molar-refractivity contribution in [3.63, 3.8) is 0 Å². The highest BCUT2D eigenvalue weighted by molar-refractivity contribution is 6.08. The Kier molecular flexibility index (Phi) is 6.63. The van der Waals surface area contributed by atoms with Crippen molar-refractivity contribution in [2.24, 2.45) is 11.8 Å². The summed E-state index contributed by atoms with van der Waals surface area (Å²) in [4.78, 5) is 52.3. The Labute approximate surface area is 190 Å². The van der Waals surface area contributed by atoms with Crippen LogP contribution in [0.2, 0.25) is 0 Å². The molecule has 170 valence electrons. The molecule has 0 saturated carbocycles. The number of anilines is 1. The van der Waals surface area contributed by atoms with Crippen molar-refractivity contribution in [2.45, 2.75) is 25.3 Å². The zero-order chi connectivity index (χ0) is 23.4. The summed E-state index contributed by atoms with van der Waals surface area (Å²) in [6.07, 6.45) is 4.75. The predicted molar refractivity (Wildman–Crippen MR) is 117 cm³/mol. The van der Waals surface area contributed by atoms with Crippen LogP contribution in [0.5, 0.6) is 0 Å². The molecule has 33 heavy (non-hydrogen) atoms. The molecule has 1 saturated heterocycles. The van der Waals surface area contributed by atoms with E-state index in [4.69, 9.17) is 4.74 Å². The second-order valence-corrected chi connectivity index (χ2v) is 8.07. The molecule has 1 N–H and O–H groups in total. The number of fused-ring (bicyclic) bond motifs is 1. The molecular weight excluding hydrogens is 427 g/mol. The quantitative estimate of drug-likeness (QED) is 0.398. The number of benzene rings is 2. The third kappa shape index (κ3) is 5.00. The Balaban J connectivity index is 1.48. The van der Waals surface area contributed by atoms with Gasteiger partial charge in [-0.2, -0.15) is 0 Å². The molecule has 2 aromatic rings. The molecule has 3 amide bonds. The van der Waals surface area contributed by atoms with Gasteiger partial charge in [-0.25, -0.2) is 9.18 Å². The fourth-order valence-corrected chi connectivity index (χ4v) is 4.21. The highest BCUT2D eigenvalue weighted by Gasteiger charge is 2.51. The number of halogens is 1. The maximum absolute atomic E-state index is 13.0. The lowest BCUT2D eigenvalue weighted by Crippen LogP contribution is -2.48. The molecule has 0 aromatic heterocycles. The number of imide groups is 1. The zero-order valence-corrected chi connectivity index (χ0v) is 17.8. The summed E-state index contributed by atoms with van der Waals surface area (Å²) in [5.41, 5.74) is 1.10. The minimum absolute atomic E-state index is 0.0869. The number of carbonyl (C=O) groups excluding carboxylic acids is 4. The number of nitrogens with one attached hydrogen (secondary N) is 1. The van der Waals surface area contributed by atoms with Gasteiger partial charge in [-0.05, 0) is 42.7 Å². The zero-order valence-electron chi connectivity index (χ0n) is 17.8. The number of likely N-dealkylation sites (tertiary alicyclic amines) is 1. The molecule has 2 aliphatic rings. The van der Waals surface area contributed by atoms with E-state index in [-0.39, 0.29) is 18.2 Å². The van der Waals surface area contributed by atoms with Crippen LogP contribution in [0.4, 0.5) is 10.1 Å². The first-order valence-corrected chi connectivity index (χ1v) is 10.7. The largest absolute Gasteiger partial charge is 0.454 e. The number of amides is 3. The van der Waals surface area contributed by atoms with Crippen LogP contribution in [0.1, 0.15) is 18.4 Å². The van der Waals surface area contributed by atoms with E-state index in [2.05, 4.69) is 5.32 Å². The van der Waals surface area contributed by atoms with Gasteiger partial charge in [0.1, 0.15) is 11.9 Å². The second kappa shape index (κ2) is 9.77. The topological polar surface area (TPSA) is 92.8 Å². The average Bonchev–Trinajstić information content (AvgIpc) is 3.08. The molecule has 1 aliphatic heterocycles. The lowest BCUT2D eigenvalue weighted by atomic mass is 9.85. The van der Waals surface area contributed by atoms with Gasteiger partial charge in [-0.3, -0.25) is 19.3 Å². The summed E-state index contributed by atoms with van der Waals surface area (Å²) in [5.74, 6) is -3.62. The molecule has 4 rings (SSSR count). The van der Waals surface area contributed by atoms with E-state index in [0.29, 0.717) is 18.5 Å². The van der Waals surface area contributed by atoms with E-state index in [1.54, 1.807) is 24.3 Å². The molecule has 0 radical (unpaired) electrons. The monoisotopic (exact) mass is 450 g/mol. The van der Waals surface area contributed by atoms with Gasteiger partial charge in [0.2, 0.25) is 11.8 Å². The van der Waals surface area contributed by atoms with E-state index >= 15 is 0 Å². The maximum Gasteiger partial charge on any atom is 0.330 e. The number of carbonyl (C=O) groups is 4. The number of esters is 1. The fourth-order valence-electron chi connectivity index (χ4n) is 4.21. The van der Waals surface area contributed by atoms with Crippen LogP contribution < -0.4 is 5.32 Å². The van der Waals surface area contributed by atoms with Crippen molar-refractivity contribution < 1.29 is 28.3 Å². The van der Waals surface area contributed by atoms with Crippen LogP contribution in [0.3, 0.4) is 0 Å². The van der Waals surface area contributed by atoms with E-state index in [9.17, 15) is 23.6 Å². The lowest BCUT2D eigenvalue weighted by Gasteiger charge is -2.25. The van der Waals surface area contributed by atoms with E-state index in [0.717, 1.165) is 10.5 Å². The standard InChI is InChI=1S/C25H23FN2O5/c26-17-10-12-18(13-11-17)27-22(29)15-33-25(32)21(14-16-6-2-1-3-7-16)28-23(30)19-8-4-5-9-20(19)24(28)31/h1-7,10-13,19-21H,8-9,14-15H2,(H,27,29)/t19-,20-,21-/m0/s1. The van der Waals surface area contributed by atoms with Crippen LogP contribution in [0.15, 0.2) is 66.7 Å². The highest BCUT2D eigenvalue weighted by Crippen LogP contribution is 2.36. The smallest absolute Gasteiger partial charge is 0.330 e. The summed E-state index contributed by atoms with van der Waals surface area (Å²) in [6, 6.07) is 13.0. The number of rotatable bonds is 7. The van der Waals surface area contributed by atoms with E-state index < -0.39 is 42.2 Å². The predicted octanol–water partition coefficient (Wildman–Crippen LogP) is 2.87. The third-order valence-electron chi connectivity index (χ3n) is 5.87. The Morgan fingerprint density at radius 2 is 1.58 bits per heavy atom. The van der Waals surface area contributed by atoms with Crippen molar-refractivity contribution >= 4 is 29.4 Å². The van der Waals surface area contributed by atoms with Crippen molar-refractivity contribution in [3.05, 3.63) is 78.1 Å². The van der Waals surface area contributed by atoms with Crippen LogP contribution in [0, 0.1) is 17.7 Å². The molecule has 8 heteroatoms. The molecule has 2 aromatic carbocycles. The summed E-state index contributed by atoms with van der Waals surface area (Å²) < 4.78 is 18.2. The van der Waals surface area contributed by atoms with Gasteiger partial charge in [0, 0.05) is 12.1 Å².